The Hall–Kier alpha value is -2.70. The average Bonchev–Trinajstić information content (AvgIpc) is 2.38. The molecule has 7 nitrogen and oxygen atoms in total. The molecule has 2 aliphatic heterocycles. The molecule has 17 heavy (non-hydrogen) atoms. The second-order valence-corrected chi connectivity index (χ2v) is 3.47. The van der Waals surface area contributed by atoms with Crippen molar-refractivity contribution in [2.24, 2.45) is 10.7 Å². The van der Waals surface area contributed by atoms with Crippen molar-refractivity contribution in [3.8, 4) is 0 Å². The number of carbonyl (C=O) groups is 1. The van der Waals surface area contributed by atoms with E-state index in [1.54, 1.807) is 37.1 Å². The van der Waals surface area contributed by atoms with E-state index < -0.39 is 6.03 Å². The summed E-state index contributed by atoms with van der Waals surface area (Å²) in [4.78, 5) is 18.3. The van der Waals surface area contributed by atoms with Crippen LogP contribution in [0.1, 0.15) is 0 Å². The zero-order valence-corrected chi connectivity index (χ0v) is 8.69. The smallest absolute Gasteiger partial charge is 0.323 e. The quantitative estimate of drug-likeness (QED) is 0.708. The van der Waals surface area contributed by atoms with Crippen molar-refractivity contribution in [3.63, 3.8) is 0 Å². The van der Waals surface area contributed by atoms with E-state index in [4.69, 9.17) is 5.73 Å². The largest absolute Gasteiger partial charge is 0.351 e. The molecule has 0 atom stereocenters. The first-order chi connectivity index (χ1) is 8.25. The zero-order valence-electron chi connectivity index (χ0n) is 8.69. The molecular formula is C10H8N6O. The van der Waals surface area contributed by atoms with Crippen molar-refractivity contribution >= 4 is 23.8 Å². The summed E-state index contributed by atoms with van der Waals surface area (Å²) in [6.07, 6.45) is 8.11. The van der Waals surface area contributed by atoms with E-state index in [9.17, 15) is 4.79 Å². The van der Waals surface area contributed by atoms with E-state index in [2.05, 4.69) is 15.2 Å². The van der Waals surface area contributed by atoms with Gasteiger partial charge in [-0.05, 0) is 6.07 Å². The Labute approximate surface area is 96.6 Å². The fraction of sp³-hybridized carbons (Fsp3) is 0. The molecular weight excluding hydrogens is 220 g/mol. The van der Waals surface area contributed by atoms with Gasteiger partial charge in [-0.25, -0.2) is 9.79 Å². The summed E-state index contributed by atoms with van der Waals surface area (Å²) < 4.78 is 0. The molecule has 0 radical (unpaired) electrons. The number of hydrogen-bond donors (Lipinski definition) is 1. The second-order valence-electron chi connectivity index (χ2n) is 3.47. The highest BCUT2D eigenvalue weighted by atomic mass is 16.2. The van der Waals surface area contributed by atoms with Crippen LogP contribution in [0, 0.1) is 0 Å². The average molecular weight is 228 g/mol. The van der Waals surface area contributed by atoms with Crippen LogP contribution in [0.3, 0.4) is 0 Å². The predicted molar refractivity (Wildman–Crippen MR) is 61.3 cm³/mol. The van der Waals surface area contributed by atoms with Gasteiger partial charge in [0.2, 0.25) is 0 Å². The van der Waals surface area contributed by atoms with Crippen molar-refractivity contribution in [1.29, 1.82) is 0 Å². The lowest BCUT2D eigenvalue weighted by atomic mass is 10.2. The minimum absolute atomic E-state index is 0.541. The molecule has 2 amide bonds. The standard InChI is InChI=1S/C10H8N6O/c11-10(17)15-3-4-16-7(6-15)5-12-9-8(16)1-2-13-14-9/h1-6H,(H2,11,17). The monoisotopic (exact) mass is 228 g/mol. The Morgan fingerprint density at radius 1 is 1.35 bits per heavy atom. The summed E-state index contributed by atoms with van der Waals surface area (Å²) in [5.74, 6) is 0.543. The van der Waals surface area contributed by atoms with Crippen LogP contribution in [0.25, 0.3) is 0 Å². The number of aromatic nitrogens is 2. The molecule has 0 bridgehead atoms. The summed E-state index contributed by atoms with van der Waals surface area (Å²) in [6.45, 7) is 0. The van der Waals surface area contributed by atoms with Gasteiger partial charge in [-0.1, -0.05) is 0 Å². The molecule has 2 N–H and O–H groups in total. The molecule has 3 rings (SSSR count). The van der Waals surface area contributed by atoms with Gasteiger partial charge in [0.15, 0.2) is 5.82 Å². The highest BCUT2D eigenvalue weighted by molar-refractivity contribution is 5.94. The number of anilines is 1. The number of carbonyl (C=O) groups excluding carboxylic acids is 1. The number of nitrogens with two attached hydrogens (primary N) is 1. The van der Waals surface area contributed by atoms with Gasteiger partial charge in [0, 0.05) is 18.6 Å². The maximum absolute atomic E-state index is 11.0. The molecule has 0 saturated carbocycles. The first-order valence-electron chi connectivity index (χ1n) is 4.88. The minimum Gasteiger partial charge on any atom is -0.351 e. The molecule has 2 aliphatic rings. The molecule has 7 heteroatoms. The van der Waals surface area contributed by atoms with Crippen molar-refractivity contribution in [3.05, 3.63) is 36.6 Å². The maximum atomic E-state index is 11.0. The summed E-state index contributed by atoms with van der Waals surface area (Å²) in [6, 6.07) is 1.26. The Balaban J connectivity index is 2.06. The molecule has 0 unspecified atom stereocenters. The lowest BCUT2D eigenvalue weighted by Crippen LogP contribution is -2.33. The fourth-order valence-electron chi connectivity index (χ4n) is 1.65. The van der Waals surface area contributed by atoms with Crippen LogP contribution in [-0.4, -0.2) is 27.3 Å². The van der Waals surface area contributed by atoms with E-state index in [-0.39, 0.29) is 0 Å². The normalized spacial score (nSPS) is 16.4. The Morgan fingerprint density at radius 2 is 2.24 bits per heavy atom. The van der Waals surface area contributed by atoms with Crippen LogP contribution in [0.5, 0.6) is 0 Å². The highest BCUT2D eigenvalue weighted by Gasteiger charge is 2.22. The highest BCUT2D eigenvalue weighted by Crippen LogP contribution is 2.33. The molecule has 1 aromatic rings. The molecule has 0 spiro atoms. The van der Waals surface area contributed by atoms with Gasteiger partial charge < -0.3 is 10.6 Å². The molecule has 84 valence electrons. The Morgan fingerprint density at radius 3 is 3.06 bits per heavy atom. The van der Waals surface area contributed by atoms with Gasteiger partial charge in [0.05, 0.1) is 23.8 Å². The van der Waals surface area contributed by atoms with Gasteiger partial charge in [-0.2, -0.15) is 5.10 Å². The summed E-state index contributed by atoms with van der Waals surface area (Å²) >= 11 is 0. The first-order valence-corrected chi connectivity index (χ1v) is 4.88. The third-order valence-corrected chi connectivity index (χ3v) is 2.44. The van der Waals surface area contributed by atoms with E-state index in [1.807, 2.05) is 4.90 Å². The predicted octanol–water partition coefficient (Wildman–Crippen LogP) is 0.706. The number of amides is 2. The topological polar surface area (TPSA) is 87.7 Å². The molecule has 0 aromatic carbocycles. The van der Waals surface area contributed by atoms with Crippen molar-refractivity contribution < 1.29 is 4.79 Å². The van der Waals surface area contributed by atoms with Crippen LogP contribution in [0.2, 0.25) is 0 Å². The third kappa shape index (κ3) is 1.44. The SMILES string of the molecule is NC(=O)N1C=CN2C(=C1)C=Nc1nnccc12. The van der Waals surface area contributed by atoms with Crippen LogP contribution < -0.4 is 10.6 Å². The van der Waals surface area contributed by atoms with Crippen LogP contribution in [0.15, 0.2) is 41.6 Å². The van der Waals surface area contributed by atoms with E-state index in [0.717, 1.165) is 11.4 Å². The van der Waals surface area contributed by atoms with Gasteiger partial charge in [0.1, 0.15) is 0 Å². The number of nitrogens with zero attached hydrogens (tertiary/aromatic N) is 5. The zero-order chi connectivity index (χ0) is 11.8. The van der Waals surface area contributed by atoms with Gasteiger partial charge in [0.25, 0.3) is 0 Å². The van der Waals surface area contributed by atoms with Gasteiger partial charge >= 0.3 is 6.03 Å². The van der Waals surface area contributed by atoms with E-state index >= 15 is 0 Å². The molecule has 0 aliphatic carbocycles. The molecule has 0 saturated heterocycles. The third-order valence-electron chi connectivity index (χ3n) is 2.44. The fourth-order valence-corrected chi connectivity index (χ4v) is 1.65. The Bertz CT molecular complexity index is 576. The molecule has 1 aromatic heterocycles. The van der Waals surface area contributed by atoms with Crippen LogP contribution in [0.4, 0.5) is 16.3 Å². The number of rotatable bonds is 0. The number of primary amides is 1. The van der Waals surface area contributed by atoms with Crippen molar-refractivity contribution in [1.82, 2.24) is 15.1 Å². The molecule has 0 fully saturated rings. The second kappa shape index (κ2) is 3.41. The van der Waals surface area contributed by atoms with Gasteiger partial charge in [-0.3, -0.25) is 4.90 Å². The number of hydrogen-bond acceptors (Lipinski definition) is 5. The van der Waals surface area contributed by atoms with E-state index in [1.165, 1.54) is 4.90 Å². The minimum atomic E-state index is -0.541. The van der Waals surface area contributed by atoms with Crippen LogP contribution >= 0.6 is 0 Å². The maximum Gasteiger partial charge on any atom is 0.323 e. The number of aliphatic imine (C=N–C) groups is 1. The van der Waals surface area contributed by atoms with Crippen LogP contribution in [-0.2, 0) is 0 Å². The first kappa shape index (κ1) is 9.52. The Kier molecular flexibility index (Phi) is 1.91. The number of urea groups is 1. The van der Waals surface area contributed by atoms with Crippen molar-refractivity contribution in [2.75, 3.05) is 4.90 Å². The van der Waals surface area contributed by atoms with Crippen molar-refractivity contribution in [2.45, 2.75) is 0 Å². The lowest BCUT2D eigenvalue weighted by molar-refractivity contribution is 0.235. The summed E-state index contributed by atoms with van der Waals surface area (Å²) in [5, 5.41) is 7.67. The van der Waals surface area contributed by atoms with E-state index in [0.29, 0.717) is 5.82 Å². The molecule has 3 heterocycles. The van der Waals surface area contributed by atoms with Gasteiger partial charge in [-0.15, -0.1) is 5.10 Å². The number of fused-ring (bicyclic) bond motifs is 3. The summed E-state index contributed by atoms with van der Waals surface area (Å²) in [7, 11) is 0. The lowest BCUT2D eigenvalue weighted by Gasteiger charge is -2.29. The number of allylic oxidation sites excluding steroid dienone is 1. The summed E-state index contributed by atoms with van der Waals surface area (Å²) in [5.41, 5.74) is 6.75.